The fourth-order valence-electron chi connectivity index (χ4n) is 2.15. The lowest BCUT2D eigenvalue weighted by Crippen LogP contribution is -1.92. The summed E-state index contributed by atoms with van der Waals surface area (Å²) in [5.41, 5.74) is 3.19. The summed E-state index contributed by atoms with van der Waals surface area (Å²) in [6, 6.07) is 10.6. The molecule has 2 aromatic carbocycles. The van der Waals surface area contributed by atoms with E-state index < -0.39 is 0 Å². The van der Waals surface area contributed by atoms with Crippen LogP contribution in [0, 0.1) is 12.7 Å². The van der Waals surface area contributed by atoms with Gasteiger partial charge in [0.15, 0.2) is 0 Å². The second-order valence-corrected chi connectivity index (χ2v) is 4.42. The monoisotopic (exact) mass is 256 g/mol. The van der Waals surface area contributed by atoms with Crippen molar-refractivity contribution in [2.75, 3.05) is 7.11 Å². The summed E-state index contributed by atoms with van der Waals surface area (Å²) in [7, 11) is 1.52. The molecule has 1 heterocycles. The van der Waals surface area contributed by atoms with Crippen LogP contribution in [0.15, 0.2) is 36.4 Å². The summed E-state index contributed by atoms with van der Waals surface area (Å²) in [5, 5.41) is 0. The van der Waals surface area contributed by atoms with Crippen molar-refractivity contribution in [3.63, 3.8) is 0 Å². The number of H-pyrrole nitrogens is 1. The zero-order valence-corrected chi connectivity index (χ0v) is 10.7. The number of rotatable bonds is 2. The molecule has 0 saturated carbocycles. The van der Waals surface area contributed by atoms with Crippen molar-refractivity contribution in [1.29, 1.82) is 0 Å². The number of aryl methyl sites for hydroxylation is 1. The molecule has 0 aliphatic carbocycles. The lowest BCUT2D eigenvalue weighted by Gasteiger charge is -2.06. The Morgan fingerprint density at radius 3 is 2.84 bits per heavy atom. The Morgan fingerprint density at radius 2 is 2.05 bits per heavy atom. The van der Waals surface area contributed by atoms with Gasteiger partial charge in [0.25, 0.3) is 0 Å². The molecule has 96 valence electrons. The predicted molar refractivity (Wildman–Crippen MR) is 72.8 cm³/mol. The third-order valence-electron chi connectivity index (χ3n) is 3.07. The SMILES string of the molecule is COc1cccc(F)c1-c1nc2ccc(C)cc2[nH]1. The highest BCUT2D eigenvalue weighted by Gasteiger charge is 2.15. The van der Waals surface area contributed by atoms with Gasteiger partial charge in [0.05, 0.1) is 23.7 Å². The largest absolute Gasteiger partial charge is 0.496 e. The molecule has 0 amide bonds. The Balaban J connectivity index is 2.24. The molecular weight excluding hydrogens is 243 g/mol. The van der Waals surface area contributed by atoms with Crippen molar-refractivity contribution in [1.82, 2.24) is 9.97 Å². The van der Waals surface area contributed by atoms with E-state index in [2.05, 4.69) is 9.97 Å². The van der Waals surface area contributed by atoms with E-state index in [9.17, 15) is 4.39 Å². The molecular formula is C15H13FN2O. The number of methoxy groups -OCH3 is 1. The highest BCUT2D eigenvalue weighted by Crippen LogP contribution is 2.31. The second kappa shape index (κ2) is 4.39. The number of ether oxygens (including phenoxy) is 1. The van der Waals surface area contributed by atoms with Gasteiger partial charge in [-0.3, -0.25) is 0 Å². The van der Waals surface area contributed by atoms with E-state index >= 15 is 0 Å². The number of aromatic nitrogens is 2. The number of hydrogen-bond acceptors (Lipinski definition) is 2. The zero-order chi connectivity index (χ0) is 13.4. The topological polar surface area (TPSA) is 37.9 Å². The maximum Gasteiger partial charge on any atom is 0.145 e. The summed E-state index contributed by atoms with van der Waals surface area (Å²) in [4.78, 5) is 7.56. The molecule has 3 rings (SSSR count). The number of hydrogen-bond donors (Lipinski definition) is 1. The van der Waals surface area contributed by atoms with Crippen LogP contribution in [0.1, 0.15) is 5.56 Å². The van der Waals surface area contributed by atoms with Crippen molar-refractivity contribution in [2.24, 2.45) is 0 Å². The van der Waals surface area contributed by atoms with Gasteiger partial charge in [-0.1, -0.05) is 12.1 Å². The average molecular weight is 256 g/mol. The molecule has 3 aromatic rings. The van der Waals surface area contributed by atoms with Crippen molar-refractivity contribution in [2.45, 2.75) is 6.92 Å². The summed E-state index contributed by atoms with van der Waals surface area (Å²) < 4.78 is 19.2. The lowest BCUT2D eigenvalue weighted by molar-refractivity contribution is 0.413. The third-order valence-corrected chi connectivity index (χ3v) is 3.07. The van der Waals surface area contributed by atoms with E-state index in [0.717, 1.165) is 16.6 Å². The fourth-order valence-corrected chi connectivity index (χ4v) is 2.15. The van der Waals surface area contributed by atoms with Gasteiger partial charge in [-0.25, -0.2) is 9.37 Å². The molecule has 0 aliphatic rings. The van der Waals surface area contributed by atoms with Crippen LogP contribution in [-0.2, 0) is 0 Å². The highest BCUT2D eigenvalue weighted by atomic mass is 19.1. The van der Waals surface area contributed by atoms with Crippen molar-refractivity contribution >= 4 is 11.0 Å². The van der Waals surface area contributed by atoms with Crippen LogP contribution in [0.2, 0.25) is 0 Å². The third kappa shape index (κ3) is 1.95. The van der Waals surface area contributed by atoms with Crippen LogP contribution < -0.4 is 4.74 Å². The molecule has 0 spiro atoms. The second-order valence-electron chi connectivity index (χ2n) is 4.42. The number of halogens is 1. The molecule has 0 fully saturated rings. The number of nitrogens with zero attached hydrogens (tertiary/aromatic N) is 1. The van der Waals surface area contributed by atoms with Gasteiger partial charge in [0.2, 0.25) is 0 Å². The van der Waals surface area contributed by atoms with Gasteiger partial charge in [-0.05, 0) is 36.8 Å². The van der Waals surface area contributed by atoms with E-state index in [0.29, 0.717) is 17.1 Å². The number of aromatic amines is 1. The summed E-state index contributed by atoms with van der Waals surface area (Å²) >= 11 is 0. The van der Waals surface area contributed by atoms with Gasteiger partial charge in [0.1, 0.15) is 17.4 Å². The minimum atomic E-state index is -0.352. The first-order valence-electron chi connectivity index (χ1n) is 5.98. The fraction of sp³-hybridized carbons (Fsp3) is 0.133. The van der Waals surface area contributed by atoms with E-state index in [1.165, 1.54) is 13.2 Å². The average Bonchev–Trinajstić information content (AvgIpc) is 2.80. The molecule has 0 aliphatic heterocycles. The van der Waals surface area contributed by atoms with Gasteiger partial charge in [-0.15, -0.1) is 0 Å². The van der Waals surface area contributed by atoms with Crippen molar-refractivity contribution in [3.8, 4) is 17.1 Å². The van der Waals surface area contributed by atoms with Crippen molar-refractivity contribution < 1.29 is 9.13 Å². The van der Waals surface area contributed by atoms with Gasteiger partial charge in [0, 0.05) is 0 Å². The maximum absolute atomic E-state index is 14.0. The maximum atomic E-state index is 14.0. The smallest absolute Gasteiger partial charge is 0.145 e. The quantitative estimate of drug-likeness (QED) is 0.759. The summed E-state index contributed by atoms with van der Waals surface area (Å²) in [6.45, 7) is 2.00. The van der Waals surface area contributed by atoms with Gasteiger partial charge >= 0.3 is 0 Å². The van der Waals surface area contributed by atoms with Crippen LogP contribution in [-0.4, -0.2) is 17.1 Å². The Bertz CT molecular complexity index is 749. The van der Waals surface area contributed by atoms with E-state index in [-0.39, 0.29) is 5.82 Å². The van der Waals surface area contributed by atoms with Crippen LogP contribution >= 0.6 is 0 Å². The summed E-state index contributed by atoms with van der Waals surface area (Å²) in [6.07, 6.45) is 0. The lowest BCUT2D eigenvalue weighted by atomic mass is 10.2. The molecule has 0 unspecified atom stereocenters. The Labute approximate surface area is 110 Å². The molecule has 0 atom stereocenters. The Kier molecular flexibility index (Phi) is 2.71. The van der Waals surface area contributed by atoms with E-state index in [1.54, 1.807) is 12.1 Å². The van der Waals surface area contributed by atoms with E-state index in [1.807, 2.05) is 25.1 Å². The predicted octanol–water partition coefficient (Wildman–Crippen LogP) is 3.69. The van der Waals surface area contributed by atoms with Crippen LogP contribution in [0.4, 0.5) is 4.39 Å². The Hall–Kier alpha value is -2.36. The number of fused-ring (bicyclic) bond motifs is 1. The van der Waals surface area contributed by atoms with E-state index in [4.69, 9.17) is 4.74 Å². The van der Waals surface area contributed by atoms with Crippen molar-refractivity contribution in [3.05, 3.63) is 47.8 Å². The highest BCUT2D eigenvalue weighted by molar-refractivity contribution is 5.81. The van der Waals surface area contributed by atoms with Crippen LogP contribution in [0.25, 0.3) is 22.4 Å². The standard InChI is InChI=1S/C15H13FN2O/c1-9-6-7-11-12(8-9)18-15(17-11)14-10(16)4-3-5-13(14)19-2/h3-8H,1-2H3,(H,17,18). The van der Waals surface area contributed by atoms with Crippen LogP contribution in [0.3, 0.4) is 0 Å². The molecule has 1 N–H and O–H groups in total. The first-order valence-corrected chi connectivity index (χ1v) is 5.98. The molecule has 4 heteroatoms. The minimum absolute atomic E-state index is 0.352. The van der Waals surface area contributed by atoms with Gasteiger partial charge in [-0.2, -0.15) is 0 Å². The molecule has 0 radical (unpaired) electrons. The number of imidazole rings is 1. The zero-order valence-electron chi connectivity index (χ0n) is 10.7. The molecule has 19 heavy (non-hydrogen) atoms. The Morgan fingerprint density at radius 1 is 1.21 bits per heavy atom. The molecule has 3 nitrogen and oxygen atoms in total. The van der Waals surface area contributed by atoms with Gasteiger partial charge < -0.3 is 9.72 Å². The number of benzene rings is 2. The summed E-state index contributed by atoms with van der Waals surface area (Å²) in [5.74, 6) is 0.599. The first-order chi connectivity index (χ1) is 9.19. The molecule has 0 bridgehead atoms. The molecule has 1 aromatic heterocycles. The number of nitrogens with one attached hydrogen (secondary N) is 1. The normalized spacial score (nSPS) is 10.9. The first kappa shape index (κ1) is 11.7. The molecule has 0 saturated heterocycles. The minimum Gasteiger partial charge on any atom is -0.496 e. The van der Waals surface area contributed by atoms with Crippen LogP contribution in [0.5, 0.6) is 5.75 Å².